The Hall–Kier alpha value is -1.68. The van der Waals surface area contributed by atoms with Gasteiger partial charge in [-0.05, 0) is 44.4 Å². The SMILES string of the molecule is CCOC(=O)C(C[PH+]=O)(OCC)C(CCc1ccccc1)CSc1ccccc1. The van der Waals surface area contributed by atoms with Crippen LogP contribution in [0.4, 0.5) is 0 Å². The lowest BCUT2D eigenvalue weighted by Crippen LogP contribution is -2.52. The Morgan fingerprint density at radius 3 is 2.28 bits per heavy atom. The number of ether oxygens (including phenoxy) is 2. The molecule has 0 spiro atoms. The number of rotatable bonds is 13. The van der Waals surface area contributed by atoms with Crippen LogP contribution in [0, 0.1) is 5.92 Å². The zero-order chi connectivity index (χ0) is 21.0. The van der Waals surface area contributed by atoms with Crippen LogP contribution in [0.25, 0.3) is 0 Å². The number of carbonyl (C=O) groups is 1. The van der Waals surface area contributed by atoms with Gasteiger partial charge < -0.3 is 9.47 Å². The summed E-state index contributed by atoms with van der Waals surface area (Å²) >= 11 is 1.69. The summed E-state index contributed by atoms with van der Waals surface area (Å²) in [4.78, 5) is 14.2. The molecular weight excluding hydrogens is 403 g/mol. The first-order valence-electron chi connectivity index (χ1n) is 10.0. The van der Waals surface area contributed by atoms with Crippen LogP contribution in [0.2, 0.25) is 0 Å². The summed E-state index contributed by atoms with van der Waals surface area (Å²) in [5.41, 5.74) is 0.0164. The highest BCUT2D eigenvalue weighted by molar-refractivity contribution is 7.99. The highest BCUT2D eigenvalue weighted by atomic mass is 32.2. The minimum atomic E-state index is -1.19. The second-order valence-corrected chi connectivity index (χ2v) is 8.44. The molecule has 29 heavy (non-hydrogen) atoms. The van der Waals surface area contributed by atoms with Crippen molar-refractivity contribution in [2.75, 3.05) is 25.1 Å². The average molecular weight is 434 g/mol. The molecule has 2 rings (SSSR count). The van der Waals surface area contributed by atoms with Crippen LogP contribution in [-0.4, -0.2) is 36.7 Å². The maximum absolute atomic E-state index is 13.0. The van der Waals surface area contributed by atoms with Gasteiger partial charge in [-0.1, -0.05) is 53.1 Å². The summed E-state index contributed by atoms with van der Waals surface area (Å²) in [7, 11) is -0.634. The molecule has 0 amide bonds. The molecule has 0 saturated heterocycles. The normalized spacial score (nSPS) is 14.3. The molecule has 0 aliphatic heterocycles. The van der Waals surface area contributed by atoms with Gasteiger partial charge in [0.05, 0.1) is 6.61 Å². The first kappa shape index (κ1) is 23.6. The molecule has 0 fully saturated rings. The third kappa shape index (κ3) is 6.95. The third-order valence-corrected chi connectivity index (χ3v) is 6.68. The van der Waals surface area contributed by atoms with E-state index in [1.54, 1.807) is 18.7 Å². The van der Waals surface area contributed by atoms with Crippen molar-refractivity contribution in [1.29, 1.82) is 0 Å². The van der Waals surface area contributed by atoms with Gasteiger partial charge in [-0.15, -0.1) is 11.8 Å². The topological polar surface area (TPSA) is 52.6 Å². The predicted molar refractivity (Wildman–Crippen MR) is 120 cm³/mol. The number of esters is 1. The zero-order valence-corrected chi connectivity index (χ0v) is 19.0. The van der Waals surface area contributed by atoms with Gasteiger partial charge >= 0.3 is 14.4 Å². The lowest BCUT2D eigenvalue weighted by Gasteiger charge is -2.35. The zero-order valence-electron chi connectivity index (χ0n) is 17.1. The molecule has 0 saturated carbocycles. The Labute approximate surface area is 179 Å². The molecule has 4 nitrogen and oxygen atoms in total. The van der Waals surface area contributed by atoms with Crippen LogP contribution in [0.15, 0.2) is 65.6 Å². The largest absolute Gasteiger partial charge is 0.464 e. The lowest BCUT2D eigenvalue weighted by molar-refractivity contribution is -0.175. The molecule has 0 N–H and O–H groups in total. The van der Waals surface area contributed by atoms with E-state index in [-0.39, 0.29) is 18.7 Å². The van der Waals surface area contributed by atoms with Gasteiger partial charge in [-0.2, -0.15) is 0 Å². The average Bonchev–Trinajstić information content (AvgIpc) is 2.75. The molecule has 2 aromatic rings. The van der Waals surface area contributed by atoms with Gasteiger partial charge in [-0.3, -0.25) is 0 Å². The fraction of sp³-hybridized carbons (Fsp3) is 0.435. The molecule has 0 aliphatic rings. The first-order chi connectivity index (χ1) is 14.2. The van der Waals surface area contributed by atoms with Crippen LogP contribution in [-0.2, 0) is 25.3 Å². The van der Waals surface area contributed by atoms with Crippen molar-refractivity contribution >= 4 is 26.2 Å². The van der Waals surface area contributed by atoms with E-state index in [0.717, 1.165) is 17.7 Å². The maximum Gasteiger partial charge on any atom is 0.343 e. The van der Waals surface area contributed by atoms with Crippen molar-refractivity contribution in [3.8, 4) is 0 Å². The molecule has 0 heterocycles. The number of carbonyl (C=O) groups excluding carboxylic acids is 1. The fourth-order valence-electron chi connectivity index (χ4n) is 3.38. The van der Waals surface area contributed by atoms with E-state index in [1.807, 2.05) is 43.3 Å². The summed E-state index contributed by atoms with van der Waals surface area (Å²) in [6, 6.07) is 20.3. The Morgan fingerprint density at radius 2 is 1.69 bits per heavy atom. The van der Waals surface area contributed by atoms with Crippen molar-refractivity contribution in [3.63, 3.8) is 0 Å². The summed E-state index contributed by atoms with van der Waals surface area (Å²) in [5.74, 6) is 0.144. The van der Waals surface area contributed by atoms with E-state index in [9.17, 15) is 9.36 Å². The lowest BCUT2D eigenvalue weighted by atomic mass is 9.85. The number of benzene rings is 2. The monoisotopic (exact) mass is 433 g/mol. The summed E-state index contributed by atoms with van der Waals surface area (Å²) in [6.07, 6.45) is 1.71. The fourth-order valence-corrected chi connectivity index (χ4v) is 5.31. The van der Waals surface area contributed by atoms with Gasteiger partial charge in [0.2, 0.25) is 5.60 Å². The minimum Gasteiger partial charge on any atom is -0.464 e. The van der Waals surface area contributed by atoms with Crippen LogP contribution in [0.5, 0.6) is 0 Å². The molecule has 6 heteroatoms. The van der Waals surface area contributed by atoms with Gasteiger partial charge in [0.25, 0.3) is 0 Å². The third-order valence-electron chi connectivity index (χ3n) is 4.84. The van der Waals surface area contributed by atoms with E-state index < -0.39 is 20.0 Å². The van der Waals surface area contributed by atoms with Crippen molar-refractivity contribution < 1.29 is 18.8 Å². The van der Waals surface area contributed by atoms with Crippen LogP contribution >= 0.6 is 20.2 Å². The van der Waals surface area contributed by atoms with Gasteiger partial charge in [0.15, 0.2) is 6.16 Å². The number of hydrogen-bond acceptors (Lipinski definition) is 5. The quantitative estimate of drug-likeness (QED) is 0.241. The second-order valence-electron chi connectivity index (χ2n) is 6.71. The number of aryl methyl sites for hydroxylation is 1. The molecule has 2 aromatic carbocycles. The van der Waals surface area contributed by atoms with Crippen molar-refractivity contribution in [3.05, 3.63) is 66.2 Å². The van der Waals surface area contributed by atoms with E-state index in [1.165, 1.54) is 5.56 Å². The summed E-state index contributed by atoms with van der Waals surface area (Å²) in [5, 5.41) is 0. The van der Waals surface area contributed by atoms with Gasteiger partial charge in [0, 0.05) is 23.2 Å². The number of thioether (sulfide) groups is 1. The Bertz CT molecular complexity index is 698. The molecule has 3 atom stereocenters. The van der Waals surface area contributed by atoms with Gasteiger partial charge in [0.1, 0.15) is 0 Å². The molecule has 0 aliphatic carbocycles. The van der Waals surface area contributed by atoms with Crippen LogP contribution in [0.3, 0.4) is 0 Å². The number of hydrogen-bond donors (Lipinski definition) is 0. The van der Waals surface area contributed by atoms with E-state index in [4.69, 9.17) is 9.47 Å². The molecule has 0 aromatic heterocycles. The second kappa shape index (κ2) is 12.8. The molecular formula is C23H30O4PS+. The van der Waals surface area contributed by atoms with Crippen molar-refractivity contribution in [1.82, 2.24) is 0 Å². The van der Waals surface area contributed by atoms with Gasteiger partial charge in [-0.25, -0.2) is 4.79 Å². The Kier molecular flexibility index (Phi) is 10.4. The maximum atomic E-state index is 13.0. The smallest absolute Gasteiger partial charge is 0.343 e. The molecule has 0 bridgehead atoms. The summed E-state index contributed by atoms with van der Waals surface area (Å²) < 4.78 is 23.1. The Morgan fingerprint density at radius 1 is 1.03 bits per heavy atom. The van der Waals surface area contributed by atoms with E-state index in [2.05, 4.69) is 24.3 Å². The molecule has 3 unspecified atom stereocenters. The summed E-state index contributed by atoms with van der Waals surface area (Å²) in [6.45, 7) is 4.28. The molecule has 156 valence electrons. The van der Waals surface area contributed by atoms with Crippen molar-refractivity contribution in [2.24, 2.45) is 5.92 Å². The highest BCUT2D eigenvalue weighted by Gasteiger charge is 2.50. The van der Waals surface area contributed by atoms with E-state index in [0.29, 0.717) is 12.4 Å². The minimum absolute atomic E-state index is 0.131. The first-order valence-corrected chi connectivity index (χ1v) is 12.1. The Balaban J connectivity index is 2.30. The van der Waals surface area contributed by atoms with Crippen molar-refractivity contribution in [2.45, 2.75) is 37.2 Å². The molecule has 0 radical (unpaired) electrons. The van der Waals surface area contributed by atoms with Crippen LogP contribution in [0.1, 0.15) is 25.8 Å². The predicted octanol–water partition coefficient (Wildman–Crippen LogP) is 5.39. The standard InChI is InChI=1S/C23H29O4PS/c1-3-26-22(24)23(18-28-25,27-4-2)20(16-15-19-11-7-5-8-12-19)17-29-21-13-9-6-10-14-21/h5-14,20H,3-4,15-18H2,1-2H3/p+1. The highest BCUT2D eigenvalue weighted by Crippen LogP contribution is 2.36. The van der Waals surface area contributed by atoms with Crippen LogP contribution < -0.4 is 0 Å². The van der Waals surface area contributed by atoms with E-state index >= 15 is 0 Å².